The molecule has 1 aromatic heterocycles. The van der Waals surface area contributed by atoms with Gasteiger partial charge in [-0.3, -0.25) is 4.79 Å². The highest BCUT2D eigenvalue weighted by atomic mass is 32.2. The summed E-state index contributed by atoms with van der Waals surface area (Å²) < 4.78 is 25.2. The number of nitrogens with zero attached hydrogens (tertiary/aromatic N) is 3. The largest absolute Gasteiger partial charge is 0.372 e. The van der Waals surface area contributed by atoms with E-state index >= 15 is 0 Å². The van der Waals surface area contributed by atoms with Crippen LogP contribution in [0, 0.1) is 0 Å². The fraction of sp³-hybridized carbons (Fsp3) is 0.364. The highest BCUT2D eigenvalue weighted by Gasteiger charge is 2.17. The van der Waals surface area contributed by atoms with Crippen molar-refractivity contribution < 1.29 is 13.2 Å². The predicted octanol–water partition coefficient (Wildman–Crippen LogP) is 2.61. The van der Waals surface area contributed by atoms with Crippen molar-refractivity contribution >= 4 is 32.5 Å². The molecule has 0 bridgehead atoms. The highest BCUT2D eigenvalue weighted by molar-refractivity contribution is 7.89. The van der Waals surface area contributed by atoms with Crippen LogP contribution in [0.25, 0.3) is 11.0 Å². The zero-order valence-corrected chi connectivity index (χ0v) is 18.2. The van der Waals surface area contributed by atoms with Gasteiger partial charge in [-0.25, -0.2) is 13.4 Å². The Morgan fingerprint density at radius 1 is 1.10 bits per heavy atom. The van der Waals surface area contributed by atoms with Crippen LogP contribution in [-0.4, -0.2) is 49.8 Å². The Morgan fingerprint density at radius 3 is 2.50 bits per heavy atom. The summed E-state index contributed by atoms with van der Waals surface area (Å²) >= 11 is 0. The quantitative estimate of drug-likeness (QED) is 0.502. The third-order valence-electron chi connectivity index (χ3n) is 4.86. The van der Waals surface area contributed by atoms with E-state index in [1.165, 1.54) is 11.9 Å². The molecule has 0 saturated heterocycles. The normalized spacial score (nSPS) is 11.5. The number of para-hydroxylation sites is 3. The number of rotatable bonds is 10. The summed E-state index contributed by atoms with van der Waals surface area (Å²) in [6.07, 6.45) is 1.98. The molecule has 0 spiro atoms. The SMILES string of the molecule is CCN(CCCNC(=O)Cn1c(CS(C)(=O)=O)nc2ccccc21)c1ccccc1. The zero-order valence-electron chi connectivity index (χ0n) is 17.4. The fourth-order valence-corrected chi connectivity index (χ4v) is 4.14. The number of benzene rings is 2. The number of anilines is 1. The molecule has 0 atom stereocenters. The van der Waals surface area contributed by atoms with Gasteiger partial charge in [-0.1, -0.05) is 30.3 Å². The number of amides is 1. The summed E-state index contributed by atoms with van der Waals surface area (Å²) in [5, 5.41) is 2.94. The van der Waals surface area contributed by atoms with E-state index in [1.807, 2.05) is 42.5 Å². The van der Waals surface area contributed by atoms with Gasteiger partial charge in [-0.2, -0.15) is 0 Å². The van der Waals surface area contributed by atoms with Crippen LogP contribution in [-0.2, 0) is 26.9 Å². The van der Waals surface area contributed by atoms with Crippen LogP contribution < -0.4 is 10.2 Å². The number of nitrogens with one attached hydrogen (secondary N) is 1. The van der Waals surface area contributed by atoms with Crippen molar-refractivity contribution in [3.05, 3.63) is 60.4 Å². The molecule has 0 fully saturated rings. The summed E-state index contributed by atoms with van der Waals surface area (Å²) in [5.74, 6) is 0.0306. The Hall–Kier alpha value is -2.87. The van der Waals surface area contributed by atoms with Gasteiger partial charge in [0.2, 0.25) is 5.91 Å². The second-order valence-corrected chi connectivity index (χ2v) is 9.43. The molecule has 3 rings (SSSR count). The second-order valence-electron chi connectivity index (χ2n) is 7.29. The van der Waals surface area contributed by atoms with Crippen molar-refractivity contribution in [2.24, 2.45) is 0 Å². The molecule has 0 aliphatic heterocycles. The van der Waals surface area contributed by atoms with Crippen molar-refractivity contribution in [1.29, 1.82) is 0 Å². The van der Waals surface area contributed by atoms with E-state index < -0.39 is 9.84 Å². The lowest BCUT2D eigenvalue weighted by Crippen LogP contribution is -2.32. The van der Waals surface area contributed by atoms with Gasteiger partial charge in [0.1, 0.15) is 18.1 Å². The Morgan fingerprint density at radius 2 is 1.80 bits per heavy atom. The van der Waals surface area contributed by atoms with Crippen LogP contribution in [0.4, 0.5) is 5.69 Å². The molecular weight excluding hydrogens is 400 g/mol. The Bertz CT molecular complexity index is 1090. The van der Waals surface area contributed by atoms with Gasteiger partial charge in [-0.15, -0.1) is 0 Å². The van der Waals surface area contributed by atoms with Crippen LogP contribution in [0.1, 0.15) is 19.2 Å². The van der Waals surface area contributed by atoms with E-state index in [9.17, 15) is 13.2 Å². The van der Waals surface area contributed by atoms with E-state index in [0.717, 1.165) is 25.0 Å². The van der Waals surface area contributed by atoms with Crippen molar-refractivity contribution in [3.63, 3.8) is 0 Å². The first-order chi connectivity index (χ1) is 14.4. The van der Waals surface area contributed by atoms with Gasteiger partial charge in [-0.05, 0) is 37.6 Å². The summed E-state index contributed by atoms with van der Waals surface area (Å²) in [7, 11) is -3.26. The number of fused-ring (bicyclic) bond motifs is 1. The molecule has 1 amide bonds. The van der Waals surface area contributed by atoms with Gasteiger partial charge >= 0.3 is 0 Å². The molecule has 0 aliphatic rings. The second kappa shape index (κ2) is 9.75. The molecule has 0 unspecified atom stereocenters. The van der Waals surface area contributed by atoms with Gasteiger partial charge in [0.15, 0.2) is 9.84 Å². The van der Waals surface area contributed by atoms with Crippen LogP contribution in [0.3, 0.4) is 0 Å². The minimum absolute atomic E-state index is 0.0432. The minimum atomic E-state index is -3.26. The number of sulfone groups is 1. The lowest BCUT2D eigenvalue weighted by molar-refractivity contribution is -0.121. The molecular formula is C22H28N4O3S. The summed E-state index contributed by atoms with van der Waals surface area (Å²) in [6.45, 7) is 4.44. The maximum atomic E-state index is 12.5. The van der Waals surface area contributed by atoms with Gasteiger partial charge in [0.05, 0.1) is 11.0 Å². The fourth-order valence-electron chi connectivity index (χ4n) is 3.45. The van der Waals surface area contributed by atoms with E-state index in [4.69, 9.17) is 0 Å². The lowest BCUT2D eigenvalue weighted by atomic mass is 10.2. The molecule has 8 heteroatoms. The van der Waals surface area contributed by atoms with E-state index in [-0.39, 0.29) is 18.2 Å². The number of hydrogen-bond acceptors (Lipinski definition) is 5. The molecule has 0 radical (unpaired) electrons. The van der Waals surface area contributed by atoms with Crippen LogP contribution in [0.2, 0.25) is 0 Å². The highest BCUT2D eigenvalue weighted by Crippen LogP contribution is 2.17. The Kier molecular flexibility index (Phi) is 7.10. The first-order valence-corrected chi connectivity index (χ1v) is 12.1. The van der Waals surface area contributed by atoms with Crippen LogP contribution in [0.5, 0.6) is 0 Å². The van der Waals surface area contributed by atoms with E-state index in [2.05, 4.69) is 34.3 Å². The smallest absolute Gasteiger partial charge is 0.240 e. The summed E-state index contributed by atoms with van der Waals surface area (Å²) in [6, 6.07) is 17.5. The number of aromatic nitrogens is 2. The molecule has 160 valence electrons. The lowest BCUT2D eigenvalue weighted by Gasteiger charge is -2.23. The third kappa shape index (κ3) is 5.82. The van der Waals surface area contributed by atoms with Crippen molar-refractivity contribution in [2.75, 3.05) is 30.8 Å². The van der Waals surface area contributed by atoms with E-state index in [0.29, 0.717) is 17.9 Å². The van der Waals surface area contributed by atoms with E-state index in [1.54, 1.807) is 4.57 Å². The maximum absolute atomic E-state index is 12.5. The first-order valence-electron chi connectivity index (χ1n) is 10.1. The number of carbonyl (C=O) groups excluding carboxylic acids is 1. The predicted molar refractivity (Wildman–Crippen MR) is 120 cm³/mol. The molecule has 30 heavy (non-hydrogen) atoms. The number of imidazole rings is 1. The monoisotopic (exact) mass is 428 g/mol. The van der Waals surface area contributed by atoms with Crippen molar-refractivity contribution in [2.45, 2.75) is 25.6 Å². The molecule has 7 nitrogen and oxygen atoms in total. The van der Waals surface area contributed by atoms with Crippen molar-refractivity contribution in [3.8, 4) is 0 Å². The number of carbonyl (C=O) groups is 1. The van der Waals surface area contributed by atoms with Gasteiger partial charge in [0, 0.05) is 31.6 Å². The molecule has 2 aromatic carbocycles. The summed E-state index contributed by atoms with van der Waals surface area (Å²) in [5.41, 5.74) is 2.61. The Balaban J connectivity index is 1.59. The zero-order chi connectivity index (χ0) is 21.6. The van der Waals surface area contributed by atoms with Gasteiger partial charge in [0.25, 0.3) is 0 Å². The Labute approximate surface area is 177 Å². The van der Waals surface area contributed by atoms with Crippen LogP contribution >= 0.6 is 0 Å². The van der Waals surface area contributed by atoms with Crippen molar-refractivity contribution in [1.82, 2.24) is 14.9 Å². The average molecular weight is 429 g/mol. The summed E-state index contributed by atoms with van der Waals surface area (Å²) in [4.78, 5) is 19.2. The molecule has 3 aromatic rings. The molecule has 0 saturated carbocycles. The molecule has 1 N–H and O–H groups in total. The molecule has 0 aliphatic carbocycles. The average Bonchev–Trinajstić information content (AvgIpc) is 3.04. The molecule has 1 heterocycles. The van der Waals surface area contributed by atoms with Crippen LogP contribution in [0.15, 0.2) is 54.6 Å². The minimum Gasteiger partial charge on any atom is -0.372 e. The number of hydrogen-bond donors (Lipinski definition) is 1. The van der Waals surface area contributed by atoms with Gasteiger partial charge < -0.3 is 14.8 Å². The third-order valence-corrected chi connectivity index (χ3v) is 5.64. The first kappa shape index (κ1) is 21.8. The maximum Gasteiger partial charge on any atom is 0.240 e. The standard InChI is InChI=1S/C22H28N4O3S/c1-3-25(18-10-5-4-6-11-18)15-9-14-23-22(27)16-26-20-13-8-7-12-19(20)24-21(26)17-30(2,28)29/h4-8,10-13H,3,9,14-17H2,1-2H3,(H,23,27). The topological polar surface area (TPSA) is 84.3 Å².